The molecule has 4 nitrogen and oxygen atoms in total. The number of hydrogen-bond acceptors (Lipinski definition) is 3. The minimum Gasteiger partial charge on any atom is -0.481 e. The Balaban J connectivity index is 1.77. The molecule has 132 valence electrons. The molecule has 0 radical (unpaired) electrons. The first-order chi connectivity index (χ1) is 12.1. The molecule has 25 heavy (non-hydrogen) atoms. The molecule has 1 saturated heterocycles. The lowest BCUT2D eigenvalue weighted by molar-refractivity contribution is -0.166. The smallest absolute Gasteiger partial charge is 0.312 e. The van der Waals surface area contributed by atoms with E-state index in [1.807, 2.05) is 48.5 Å². The van der Waals surface area contributed by atoms with Gasteiger partial charge in [0.1, 0.15) is 5.41 Å². The normalized spacial score (nSPS) is 24.1. The zero-order valence-electron chi connectivity index (χ0n) is 14.6. The Morgan fingerprint density at radius 1 is 1.12 bits per heavy atom. The summed E-state index contributed by atoms with van der Waals surface area (Å²) < 4.78 is 5.69. The molecule has 1 heterocycles. The Labute approximate surface area is 149 Å². The summed E-state index contributed by atoms with van der Waals surface area (Å²) in [5.74, 6) is -0.762. The molecule has 0 aliphatic carbocycles. The molecule has 0 bridgehead atoms. The van der Waals surface area contributed by atoms with Gasteiger partial charge in [-0.15, -0.1) is 0 Å². The molecule has 2 atom stereocenters. The first-order valence-electron chi connectivity index (χ1n) is 8.70. The van der Waals surface area contributed by atoms with Gasteiger partial charge in [0.05, 0.1) is 6.10 Å². The number of carbonyl (C=O) groups is 1. The van der Waals surface area contributed by atoms with Gasteiger partial charge >= 0.3 is 5.97 Å². The average Bonchev–Trinajstić information content (AvgIpc) is 2.64. The van der Waals surface area contributed by atoms with E-state index in [-0.39, 0.29) is 6.10 Å². The molecule has 0 amide bonds. The zero-order valence-corrected chi connectivity index (χ0v) is 14.6. The average molecular weight is 339 g/mol. The first kappa shape index (κ1) is 17.6. The van der Waals surface area contributed by atoms with Crippen LogP contribution in [0.25, 0.3) is 0 Å². The second-order valence-corrected chi connectivity index (χ2v) is 6.82. The van der Waals surface area contributed by atoms with E-state index in [4.69, 9.17) is 4.74 Å². The van der Waals surface area contributed by atoms with Crippen molar-refractivity contribution < 1.29 is 14.6 Å². The third-order valence-electron chi connectivity index (χ3n) is 5.24. The molecule has 3 rings (SSSR count). The quantitative estimate of drug-likeness (QED) is 0.878. The van der Waals surface area contributed by atoms with E-state index in [0.717, 1.165) is 18.7 Å². The van der Waals surface area contributed by atoms with Gasteiger partial charge in [-0.1, -0.05) is 60.7 Å². The number of rotatable bonds is 6. The number of piperidine rings is 1. The van der Waals surface area contributed by atoms with Crippen LogP contribution in [0.4, 0.5) is 0 Å². The maximum Gasteiger partial charge on any atom is 0.312 e. The number of nitrogens with zero attached hydrogens (tertiary/aromatic N) is 1. The van der Waals surface area contributed by atoms with Gasteiger partial charge in [-0.25, -0.2) is 0 Å². The van der Waals surface area contributed by atoms with E-state index >= 15 is 0 Å². The van der Waals surface area contributed by atoms with Crippen LogP contribution in [0.5, 0.6) is 0 Å². The Morgan fingerprint density at radius 2 is 1.72 bits per heavy atom. The first-order valence-corrected chi connectivity index (χ1v) is 8.70. The second-order valence-electron chi connectivity index (χ2n) is 6.82. The zero-order chi connectivity index (χ0) is 17.7. The number of likely N-dealkylation sites (tertiary alicyclic amines) is 1. The predicted molar refractivity (Wildman–Crippen MR) is 97.3 cm³/mol. The molecule has 4 heteroatoms. The lowest BCUT2D eigenvalue weighted by atomic mass is 9.71. The van der Waals surface area contributed by atoms with Gasteiger partial charge in [-0.05, 0) is 30.5 Å². The number of aliphatic carboxylic acids is 1. The number of methoxy groups -OCH3 is 1. The van der Waals surface area contributed by atoms with Crippen LogP contribution in [0.2, 0.25) is 0 Å². The van der Waals surface area contributed by atoms with Crippen LogP contribution >= 0.6 is 0 Å². The third-order valence-corrected chi connectivity index (χ3v) is 5.24. The summed E-state index contributed by atoms with van der Waals surface area (Å²) in [6.45, 7) is 2.21. The minimum atomic E-state index is -0.872. The van der Waals surface area contributed by atoms with Gasteiger partial charge in [0.15, 0.2) is 0 Å². The maximum absolute atomic E-state index is 12.2. The van der Waals surface area contributed by atoms with Crippen molar-refractivity contribution in [2.75, 3.05) is 20.2 Å². The molecule has 1 aliphatic heterocycles. The molecule has 0 saturated carbocycles. The fraction of sp³-hybridized carbons (Fsp3) is 0.381. The van der Waals surface area contributed by atoms with E-state index < -0.39 is 11.4 Å². The summed E-state index contributed by atoms with van der Waals surface area (Å²) >= 11 is 0. The molecule has 2 aromatic rings. The Bertz CT molecular complexity index is 689. The SMILES string of the molecule is COC1CN(Cc2ccccc2)CCC1(Cc1ccccc1)C(=O)O. The lowest BCUT2D eigenvalue weighted by Crippen LogP contribution is -2.56. The summed E-state index contributed by atoms with van der Waals surface area (Å²) in [6.07, 6.45) is 0.756. The summed E-state index contributed by atoms with van der Waals surface area (Å²) in [7, 11) is 1.62. The number of ether oxygens (including phenoxy) is 1. The summed E-state index contributed by atoms with van der Waals surface area (Å²) in [6, 6.07) is 20.1. The fourth-order valence-corrected chi connectivity index (χ4v) is 3.79. The lowest BCUT2D eigenvalue weighted by Gasteiger charge is -2.44. The van der Waals surface area contributed by atoms with E-state index in [9.17, 15) is 9.90 Å². The number of hydrogen-bond donors (Lipinski definition) is 1. The van der Waals surface area contributed by atoms with Crippen LogP contribution in [0, 0.1) is 5.41 Å². The summed E-state index contributed by atoms with van der Waals surface area (Å²) in [4.78, 5) is 14.5. The molecule has 1 fully saturated rings. The molecule has 1 aliphatic rings. The molecular weight excluding hydrogens is 314 g/mol. The van der Waals surface area contributed by atoms with Gasteiger partial charge in [-0.3, -0.25) is 9.69 Å². The van der Waals surface area contributed by atoms with Crippen molar-refractivity contribution >= 4 is 5.97 Å². The van der Waals surface area contributed by atoms with Crippen molar-refractivity contribution in [3.8, 4) is 0 Å². The molecular formula is C21H25NO3. The molecule has 1 N–H and O–H groups in total. The monoisotopic (exact) mass is 339 g/mol. The van der Waals surface area contributed by atoms with Gasteiger partial charge in [0.25, 0.3) is 0 Å². The summed E-state index contributed by atoms with van der Waals surface area (Å²) in [5, 5.41) is 10.0. The predicted octanol–water partition coefficient (Wildman–Crippen LogP) is 3.22. The fourth-order valence-electron chi connectivity index (χ4n) is 3.79. The molecule has 0 aromatic heterocycles. The Hall–Kier alpha value is -2.17. The van der Waals surface area contributed by atoms with Crippen LogP contribution in [-0.2, 0) is 22.5 Å². The van der Waals surface area contributed by atoms with Crippen LogP contribution in [0.15, 0.2) is 60.7 Å². The van der Waals surface area contributed by atoms with Crippen LogP contribution in [0.3, 0.4) is 0 Å². The standard InChI is InChI=1S/C21H25NO3/c1-25-19-16-22(15-18-10-6-3-7-11-18)13-12-21(19,20(23)24)14-17-8-4-2-5-9-17/h2-11,19H,12-16H2,1H3,(H,23,24). The third kappa shape index (κ3) is 3.91. The highest BCUT2D eigenvalue weighted by Crippen LogP contribution is 2.38. The minimum absolute atomic E-state index is 0.331. The highest BCUT2D eigenvalue weighted by molar-refractivity contribution is 5.76. The highest BCUT2D eigenvalue weighted by Gasteiger charge is 2.49. The molecule has 2 unspecified atom stereocenters. The summed E-state index contributed by atoms with van der Waals surface area (Å²) in [5.41, 5.74) is 1.41. The Kier molecular flexibility index (Phi) is 5.51. The van der Waals surface area contributed by atoms with E-state index in [2.05, 4.69) is 17.0 Å². The number of benzene rings is 2. The van der Waals surface area contributed by atoms with Gasteiger partial charge in [-0.2, -0.15) is 0 Å². The van der Waals surface area contributed by atoms with E-state index in [1.54, 1.807) is 7.11 Å². The van der Waals surface area contributed by atoms with Crippen molar-refractivity contribution in [3.05, 3.63) is 71.8 Å². The largest absolute Gasteiger partial charge is 0.481 e. The van der Waals surface area contributed by atoms with Gasteiger partial charge in [0.2, 0.25) is 0 Å². The van der Waals surface area contributed by atoms with Crippen molar-refractivity contribution in [3.63, 3.8) is 0 Å². The van der Waals surface area contributed by atoms with Crippen LogP contribution in [0.1, 0.15) is 17.5 Å². The Morgan fingerprint density at radius 3 is 2.28 bits per heavy atom. The topological polar surface area (TPSA) is 49.8 Å². The molecule has 2 aromatic carbocycles. The molecule has 0 spiro atoms. The van der Waals surface area contributed by atoms with Crippen molar-refractivity contribution in [2.24, 2.45) is 5.41 Å². The van der Waals surface area contributed by atoms with E-state index in [1.165, 1.54) is 5.56 Å². The van der Waals surface area contributed by atoms with Crippen LogP contribution < -0.4 is 0 Å². The van der Waals surface area contributed by atoms with Gasteiger partial charge < -0.3 is 9.84 Å². The van der Waals surface area contributed by atoms with Crippen molar-refractivity contribution in [2.45, 2.75) is 25.5 Å². The number of carboxylic acids is 1. The highest BCUT2D eigenvalue weighted by atomic mass is 16.5. The van der Waals surface area contributed by atoms with Crippen molar-refractivity contribution in [1.29, 1.82) is 0 Å². The van der Waals surface area contributed by atoms with E-state index in [0.29, 0.717) is 19.4 Å². The number of carboxylic acid groups (broad SMARTS) is 1. The van der Waals surface area contributed by atoms with Gasteiger partial charge in [0, 0.05) is 20.2 Å². The maximum atomic E-state index is 12.2. The second kappa shape index (κ2) is 7.81. The van der Waals surface area contributed by atoms with Crippen molar-refractivity contribution in [1.82, 2.24) is 4.90 Å². The van der Waals surface area contributed by atoms with Crippen LogP contribution in [-0.4, -0.2) is 42.3 Å².